The predicted molar refractivity (Wildman–Crippen MR) is 121 cm³/mol. The van der Waals surface area contributed by atoms with E-state index in [0.717, 1.165) is 35.9 Å². The minimum Gasteiger partial charge on any atom is -0.495 e. The molecule has 0 unspecified atom stereocenters. The molecule has 1 aliphatic rings. The zero-order valence-electron chi connectivity index (χ0n) is 17.1. The molecule has 1 amide bonds. The van der Waals surface area contributed by atoms with Crippen molar-refractivity contribution in [2.75, 3.05) is 23.4 Å². The lowest BCUT2D eigenvalue weighted by molar-refractivity contribution is -0.116. The van der Waals surface area contributed by atoms with Crippen LogP contribution >= 0.6 is 11.3 Å². The van der Waals surface area contributed by atoms with Crippen LogP contribution in [0, 0.1) is 0 Å². The Labute approximate surface area is 182 Å². The molecule has 2 heterocycles. The number of thiophene rings is 1. The highest BCUT2D eigenvalue weighted by atomic mass is 32.2. The van der Waals surface area contributed by atoms with Gasteiger partial charge in [0.1, 0.15) is 16.4 Å². The van der Waals surface area contributed by atoms with E-state index in [4.69, 9.17) is 4.74 Å². The first-order valence-corrected chi connectivity index (χ1v) is 12.4. The van der Waals surface area contributed by atoms with Crippen molar-refractivity contribution in [3.05, 3.63) is 44.8 Å². The van der Waals surface area contributed by atoms with E-state index in [2.05, 4.69) is 20.0 Å². The summed E-state index contributed by atoms with van der Waals surface area (Å²) in [6, 6.07) is 4.66. The Morgan fingerprint density at radius 3 is 2.87 bits per heavy atom. The van der Waals surface area contributed by atoms with Crippen LogP contribution in [0.15, 0.2) is 23.0 Å². The number of methoxy groups -OCH3 is 1. The molecule has 4 rings (SSSR count). The number of aryl methyl sites for hydroxylation is 3. The zero-order chi connectivity index (χ0) is 22.2. The number of nitrogens with zero attached hydrogens (tertiary/aromatic N) is 1. The molecule has 0 atom stereocenters. The average molecular weight is 463 g/mol. The second kappa shape index (κ2) is 8.31. The fraction of sp³-hybridized carbons (Fsp3) is 0.350. The molecule has 0 radical (unpaired) electrons. The number of sulfonamides is 1. The Morgan fingerprint density at radius 2 is 2.13 bits per heavy atom. The largest absolute Gasteiger partial charge is 0.495 e. The van der Waals surface area contributed by atoms with Crippen LogP contribution < -0.4 is 20.3 Å². The van der Waals surface area contributed by atoms with Crippen molar-refractivity contribution in [1.29, 1.82) is 0 Å². The molecule has 2 aromatic heterocycles. The highest BCUT2D eigenvalue weighted by Crippen LogP contribution is 2.34. The SMILES string of the molecule is COc1ccc(NC(=O)CCc2nc3sc4c(c3c(=O)[nH]2)CCC4)cc1NS(C)(=O)=O. The number of hydrogen-bond acceptors (Lipinski definition) is 7. The van der Waals surface area contributed by atoms with E-state index in [1.807, 2.05) is 0 Å². The number of aromatic amines is 1. The third-order valence-corrected chi connectivity index (χ3v) is 6.77. The van der Waals surface area contributed by atoms with Crippen LogP contribution in [-0.4, -0.2) is 37.7 Å². The Morgan fingerprint density at radius 1 is 1.32 bits per heavy atom. The Hall–Kier alpha value is -2.92. The van der Waals surface area contributed by atoms with Gasteiger partial charge in [-0.15, -0.1) is 11.3 Å². The maximum atomic E-state index is 12.5. The van der Waals surface area contributed by atoms with E-state index in [1.54, 1.807) is 23.5 Å². The van der Waals surface area contributed by atoms with Gasteiger partial charge in [-0.2, -0.15) is 0 Å². The summed E-state index contributed by atoms with van der Waals surface area (Å²) in [4.78, 5) is 34.2. The van der Waals surface area contributed by atoms with E-state index >= 15 is 0 Å². The number of ether oxygens (including phenoxy) is 1. The van der Waals surface area contributed by atoms with Gasteiger partial charge in [0.25, 0.3) is 5.56 Å². The number of aromatic nitrogens is 2. The summed E-state index contributed by atoms with van der Waals surface area (Å²) in [5.41, 5.74) is 1.62. The number of benzene rings is 1. The molecule has 11 heteroatoms. The van der Waals surface area contributed by atoms with Crippen molar-refractivity contribution in [3.8, 4) is 5.75 Å². The van der Waals surface area contributed by atoms with Crippen molar-refractivity contribution < 1.29 is 17.9 Å². The highest BCUT2D eigenvalue weighted by Gasteiger charge is 2.21. The number of amides is 1. The maximum absolute atomic E-state index is 12.5. The number of carbonyl (C=O) groups excluding carboxylic acids is 1. The van der Waals surface area contributed by atoms with Gasteiger partial charge in [-0.1, -0.05) is 0 Å². The maximum Gasteiger partial charge on any atom is 0.259 e. The van der Waals surface area contributed by atoms with E-state index in [9.17, 15) is 18.0 Å². The second-order valence-electron chi connectivity index (χ2n) is 7.39. The molecule has 0 saturated carbocycles. The highest BCUT2D eigenvalue weighted by molar-refractivity contribution is 7.92. The molecular formula is C20H22N4O5S2. The van der Waals surface area contributed by atoms with Gasteiger partial charge in [0.15, 0.2) is 0 Å². The number of H-pyrrole nitrogens is 1. The van der Waals surface area contributed by atoms with Crippen LogP contribution in [0.2, 0.25) is 0 Å². The van der Waals surface area contributed by atoms with Gasteiger partial charge in [-0.3, -0.25) is 14.3 Å². The third kappa shape index (κ3) is 4.72. The van der Waals surface area contributed by atoms with Crippen molar-refractivity contribution in [2.45, 2.75) is 32.1 Å². The monoisotopic (exact) mass is 462 g/mol. The van der Waals surface area contributed by atoms with E-state index in [0.29, 0.717) is 22.6 Å². The van der Waals surface area contributed by atoms with Gasteiger partial charge in [-0.25, -0.2) is 13.4 Å². The van der Waals surface area contributed by atoms with Crippen LogP contribution in [0.4, 0.5) is 11.4 Å². The minimum absolute atomic E-state index is 0.112. The van der Waals surface area contributed by atoms with Crippen LogP contribution in [0.1, 0.15) is 29.1 Å². The van der Waals surface area contributed by atoms with Crippen molar-refractivity contribution >= 4 is 48.9 Å². The lowest BCUT2D eigenvalue weighted by Gasteiger charge is -2.12. The minimum atomic E-state index is -3.51. The number of fused-ring (bicyclic) bond motifs is 3. The summed E-state index contributed by atoms with van der Waals surface area (Å²) in [5, 5.41) is 3.42. The molecule has 0 saturated heterocycles. The van der Waals surface area contributed by atoms with Crippen molar-refractivity contribution in [2.24, 2.45) is 0 Å². The Kier molecular flexibility index (Phi) is 5.71. The zero-order valence-corrected chi connectivity index (χ0v) is 18.7. The number of carbonyl (C=O) groups is 1. The molecule has 3 N–H and O–H groups in total. The number of rotatable bonds is 7. The number of anilines is 2. The van der Waals surface area contributed by atoms with Gasteiger partial charge in [0.2, 0.25) is 15.9 Å². The first-order valence-electron chi connectivity index (χ1n) is 9.72. The smallest absolute Gasteiger partial charge is 0.259 e. The molecule has 0 spiro atoms. The van der Waals surface area contributed by atoms with E-state index in [1.165, 1.54) is 18.1 Å². The normalized spacial score (nSPS) is 13.2. The summed E-state index contributed by atoms with van der Waals surface area (Å²) < 4.78 is 30.6. The standard InChI is InChI=1S/C20H22N4O5S2/c1-29-14-7-6-11(10-13(14)24-31(2,27)28)21-17(25)9-8-16-22-19(26)18-12-4-3-5-15(12)30-20(18)23-16/h6-7,10,24H,3-5,8-9H2,1-2H3,(H,21,25)(H,22,23,26). The molecule has 1 aromatic carbocycles. The van der Waals surface area contributed by atoms with Crippen molar-refractivity contribution in [1.82, 2.24) is 9.97 Å². The first-order chi connectivity index (χ1) is 14.7. The summed E-state index contributed by atoms with van der Waals surface area (Å²) in [6.07, 6.45) is 4.41. The molecule has 3 aromatic rings. The molecule has 0 aliphatic heterocycles. The van der Waals surface area contributed by atoms with Crippen LogP contribution in [0.5, 0.6) is 5.75 Å². The molecule has 164 valence electrons. The second-order valence-corrected chi connectivity index (χ2v) is 10.2. The topological polar surface area (TPSA) is 130 Å². The lowest BCUT2D eigenvalue weighted by Crippen LogP contribution is -2.16. The predicted octanol–water partition coefficient (Wildman–Crippen LogP) is 2.42. The summed E-state index contributed by atoms with van der Waals surface area (Å²) >= 11 is 1.56. The Bertz CT molecular complexity index is 1330. The lowest BCUT2D eigenvalue weighted by atomic mass is 10.2. The van der Waals surface area contributed by atoms with Crippen molar-refractivity contribution in [3.63, 3.8) is 0 Å². The first kappa shape index (κ1) is 21.3. The van der Waals surface area contributed by atoms with Gasteiger partial charge >= 0.3 is 0 Å². The van der Waals surface area contributed by atoms with E-state index in [-0.39, 0.29) is 30.0 Å². The molecule has 1 aliphatic carbocycles. The third-order valence-electron chi connectivity index (χ3n) is 4.99. The van der Waals surface area contributed by atoms with Crippen LogP contribution in [0.3, 0.4) is 0 Å². The van der Waals surface area contributed by atoms with Crippen LogP contribution in [-0.2, 0) is 34.1 Å². The molecule has 31 heavy (non-hydrogen) atoms. The average Bonchev–Trinajstić information content (AvgIpc) is 3.26. The molecular weight excluding hydrogens is 440 g/mol. The van der Waals surface area contributed by atoms with Crippen LogP contribution in [0.25, 0.3) is 10.2 Å². The van der Waals surface area contributed by atoms with Gasteiger partial charge in [-0.05, 0) is 43.0 Å². The fourth-order valence-electron chi connectivity index (χ4n) is 3.69. The summed E-state index contributed by atoms with van der Waals surface area (Å²) in [6.45, 7) is 0. The molecule has 0 fully saturated rings. The summed E-state index contributed by atoms with van der Waals surface area (Å²) in [7, 11) is -2.08. The van der Waals surface area contributed by atoms with Gasteiger partial charge in [0.05, 0.1) is 24.4 Å². The number of hydrogen-bond donors (Lipinski definition) is 3. The van der Waals surface area contributed by atoms with Gasteiger partial charge < -0.3 is 15.0 Å². The fourth-order valence-corrected chi connectivity index (χ4v) is 5.53. The molecule has 9 nitrogen and oxygen atoms in total. The van der Waals surface area contributed by atoms with E-state index < -0.39 is 10.0 Å². The molecule has 0 bridgehead atoms. The number of nitrogens with one attached hydrogen (secondary N) is 3. The Balaban J connectivity index is 1.45. The summed E-state index contributed by atoms with van der Waals surface area (Å²) in [5.74, 6) is 0.523. The van der Waals surface area contributed by atoms with Gasteiger partial charge in [0, 0.05) is 23.4 Å². The quantitative estimate of drug-likeness (QED) is 0.494.